The number of amides is 1. The Balaban J connectivity index is 1.64. The van der Waals surface area contributed by atoms with E-state index in [1.807, 2.05) is 24.4 Å². The van der Waals surface area contributed by atoms with Gasteiger partial charge in [0.2, 0.25) is 5.56 Å². The standard InChI is InChI=1S/C15H13N3O2S2/c1-9-18-12(8-21-9)13-4-3-11(22-13)7-17-15(20)10-2-5-14(19)16-6-10/h2-6,8H,7H2,1H3,(H,16,19)(H,17,20). The van der Waals surface area contributed by atoms with Crippen LogP contribution in [0.25, 0.3) is 10.6 Å². The highest BCUT2D eigenvalue weighted by Gasteiger charge is 2.08. The van der Waals surface area contributed by atoms with Crippen LogP contribution in [0.5, 0.6) is 0 Å². The van der Waals surface area contributed by atoms with Crippen molar-refractivity contribution < 1.29 is 4.79 Å². The minimum absolute atomic E-state index is 0.212. The van der Waals surface area contributed by atoms with Crippen LogP contribution < -0.4 is 10.9 Å². The van der Waals surface area contributed by atoms with Gasteiger partial charge in [0.15, 0.2) is 0 Å². The molecule has 0 atom stereocenters. The van der Waals surface area contributed by atoms with Crippen LogP contribution in [0.3, 0.4) is 0 Å². The number of thiophene rings is 1. The van der Waals surface area contributed by atoms with Crippen LogP contribution in [0.1, 0.15) is 20.2 Å². The number of aromatic amines is 1. The van der Waals surface area contributed by atoms with E-state index < -0.39 is 0 Å². The molecule has 0 spiro atoms. The van der Waals surface area contributed by atoms with Gasteiger partial charge in [0.25, 0.3) is 5.91 Å². The van der Waals surface area contributed by atoms with Gasteiger partial charge in [-0.15, -0.1) is 22.7 Å². The molecule has 0 saturated heterocycles. The number of nitrogens with zero attached hydrogens (tertiary/aromatic N) is 1. The molecule has 7 heteroatoms. The summed E-state index contributed by atoms with van der Waals surface area (Å²) in [5.41, 5.74) is 1.19. The Hall–Kier alpha value is -2.25. The fourth-order valence-corrected chi connectivity index (χ4v) is 3.50. The summed E-state index contributed by atoms with van der Waals surface area (Å²) >= 11 is 3.23. The second kappa shape index (κ2) is 6.25. The number of hydrogen-bond acceptors (Lipinski definition) is 5. The number of hydrogen-bond donors (Lipinski definition) is 2. The maximum atomic E-state index is 12.0. The zero-order valence-electron chi connectivity index (χ0n) is 11.8. The van der Waals surface area contributed by atoms with Crippen molar-refractivity contribution >= 4 is 28.6 Å². The van der Waals surface area contributed by atoms with Crippen LogP contribution in [0.2, 0.25) is 0 Å². The van der Waals surface area contributed by atoms with Gasteiger partial charge in [0, 0.05) is 22.5 Å². The lowest BCUT2D eigenvalue weighted by Gasteiger charge is -2.02. The van der Waals surface area contributed by atoms with Crippen molar-refractivity contribution in [1.82, 2.24) is 15.3 Å². The van der Waals surface area contributed by atoms with Gasteiger partial charge in [-0.25, -0.2) is 4.98 Å². The molecule has 0 unspecified atom stereocenters. The van der Waals surface area contributed by atoms with Gasteiger partial charge < -0.3 is 10.3 Å². The Morgan fingerprint density at radius 3 is 2.86 bits per heavy atom. The largest absolute Gasteiger partial charge is 0.347 e. The molecule has 0 aliphatic carbocycles. The molecule has 2 N–H and O–H groups in total. The number of carbonyl (C=O) groups excluding carboxylic acids is 1. The highest BCUT2D eigenvalue weighted by atomic mass is 32.1. The molecule has 0 bridgehead atoms. The summed E-state index contributed by atoms with van der Waals surface area (Å²) < 4.78 is 0. The van der Waals surface area contributed by atoms with Crippen LogP contribution in [0.4, 0.5) is 0 Å². The highest BCUT2D eigenvalue weighted by Crippen LogP contribution is 2.28. The Labute approximate surface area is 134 Å². The summed E-state index contributed by atoms with van der Waals surface area (Å²) in [6.45, 7) is 2.43. The quantitative estimate of drug-likeness (QED) is 0.772. The van der Waals surface area contributed by atoms with E-state index >= 15 is 0 Å². The van der Waals surface area contributed by atoms with Crippen LogP contribution in [-0.2, 0) is 6.54 Å². The van der Waals surface area contributed by atoms with Gasteiger partial charge in [-0.05, 0) is 25.1 Å². The third kappa shape index (κ3) is 3.32. The Bertz CT molecular complexity index is 843. The highest BCUT2D eigenvalue weighted by molar-refractivity contribution is 7.16. The van der Waals surface area contributed by atoms with E-state index in [0.29, 0.717) is 12.1 Å². The van der Waals surface area contributed by atoms with Crippen molar-refractivity contribution in [3.63, 3.8) is 0 Å². The Morgan fingerprint density at radius 2 is 2.18 bits per heavy atom. The summed E-state index contributed by atoms with van der Waals surface area (Å²) in [7, 11) is 0. The zero-order valence-corrected chi connectivity index (χ0v) is 13.4. The number of thiazole rings is 1. The van der Waals surface area contributed by atoms with Crippen molar-refractivity contribution in [3.8, 4) is 10.6 Å². The van der Waals surface area contributed by atoms with E-state index in [2.05, 4.69) is 15.3 Å². The molecular weight excluding hydrogens is 318 g/mol. The van der Waals surface area contributed by atoms with Crippen LogP contribution in [-0.4, -0.2) is 15.9 Å². The first-order valence-electron chi connectivity index (χ1n) is 6.60. The second-order valence-corrected chi connectivity index (χ2v) is 6.87. The summed E-state index contributed by atoms with van der Waals surface area (Å²) in [5.74, 6) is -0.212. The SMILES string of the molecule is Cc1nc(-c2ccc(CNC(=O)c3ccc(=O)[nH]c3)s2)cs1. The lowest BCUT2D eigenvalue weighted by atomic mass is 10.2. The average Bonchev–Trinajstić information content (AvgIpc) is 3.14. The Kier molecular flexibility index (Phi) is 4.17. The first-order chi connectivity index (χ1) is 10.6. The van der Waals surface area contributed by atoms with Crippen LogP contribution in [0.15, 0.2) is 40.6 Å². The monoisotopic (exact) mass is 331 g/mol. The summed E-state index contributed by atoms with van der Waals surface area (Å²) in [4.78, 5) is 32.0. The molecule has 0 aliphatic rings. The number of rotatable bonds is 4. The summed E-state index contributed by atoms with van der Waals surface area (Å²) in [5, 5.41) is 5.91. The maximum absolute atomic E-state index is 12.0. The van der Waals surface area contributed by atoms with E-state index in [1.165, 1.54) is 18.3 Å². The molecule has 3 heterocycles. The van der Waals surface area contributed by atoms with E-state index in [1.54, 1.807) is 22.7 Å². The first kappa shape index (κ1) is 14.7. The van der Waals surface area contributed by atoms with E-state index in [-0.39, 0.29) is 11.5 Å². The molecule has 3 aromatic rings. The van der Waals surface area contributed by atoms with Crippen LogP contribution >= 0.6 is 22.7 Å². The predicted octanol–water partition coefficient (Wildman–Crippen LogP) is 2.80. The molecule has 0 radical (unpaired) electrons. The van der Waals surface area contributed by atoms with Gasteiger partial charge in [-0.2, -0.15) is 0 Å². The molecule has 0 saturated carbocycles. The molecule has 0 aliphatic heterocycles. The number of aromatic nitrogens is 2. The van der Waals surface area contributed by atoms with Crippen molar-refractivity contribution in [2.75, 3.05) is 0 Å². The average molecular weight is 331 g/mol. The second-order valence-electron chi connectivity index (χ2n) is 4.64. The molecule has 3 aromatic heterocycles. The first-order valence-corrected chi connectivity index (χ1v) is 8.29. The molecule has 0 fully saturated rings. The molecule has 112 valence electrons. The van der Waals surface area contributed by atoms with Gasteiger partial charge in [-0.1, -0.05) is 0 Å². The van der Waals surface area contributed by atoms with Gasteiger partial charge >= 0.3 is 0 Å². The topological polar surface area (TPSA) is 74.8 Å². The smallest absolute Gasteiger partial charge is 0.253 e. The number of pyridine rings is 1. The fraction of sp³-hybridized carbons (Fsp3) is 0.133. The van der Waals surface area contributed by atoms with Crippen LogP contribution in [0, 0.1) is 6.92 Å². The fourth-order valence-electron chi connectivity index (χ4n) is 1.91. The normalized spacial score (nSPS) is 10.6. The number of aryl methyl sites for hydroxylation is 1. The van der Waals surface area contributed by atoms with E-state index in [9.17, 15) is 9.59 Å². The predicted molar refractivity (Wildman–Crippen MR) is 88.4 cm³/mol. The van der Waals surface area contributed by atoms with Crippen molar-refractivity contribution in [1.29, 1.82) is 0 Å². The van der Waals surface area contributed by atoms with Crippen molar-refractivity contribution in [2.45, 2.75) is 13.5 Å². The molecule has 3 rings (SSSR count). The lowest BCUT2D eigenvalue weighted by molar-refractivity contribution is 0.0951. The van der Waals surface area contributed by atoms with Gasteiger partial charge in [0.05, 0.1) is 27.7 Å². The minimum atomic E-state index is -0.224. The van der Waals surface area contributed by atoms with E-state index in [0.717, 1.165) is 20.5 Å². The third-order valence-corrected chi connectivity index (χ3v) is 4.88. The molecule has 22 heavy (non-hydrogen) atoms. The lowest BCUT2D eigenvalue weighted by Crippen LogP contribution is -2.23. The zero-order chi connectivity index (χ0) is 15.5. The Morgan fingerprint density at radius 1 is 1.32 bits per heavy atom. The van der Waals surface area contributed by atoms with Gasteiger partial charge in [0.1, 0.15) is 0 Å². The number of H-pyrrole nitrogens is 1. The van der Waals surface area contributed by atoms with Gasteiger partial charge in [-0.3, -0.25) is 9.59 Å². The number of carbonyl (C=O) groups is 1. The van der Waals surface area contributed by atoms with Crippen molar-refractivity contribution in [2.24, 2.45) is 0 Å². The van der Waals surface area contributed by atoms with E-state index in [4.69, 9.17) is 0 Å². The minimum Gasteiger partial charge on any atom is -0.347 e. The molecular formula is C15H13N3O2S2. The summed E-state index contributed by atoms with van der Waals surface area (Å²) in [6, 6.07) is 6.84. The number of nitrogens with one attached hydrogen (secondary N) is 2. The molecule has 5 nitrogen and oxygen atoms in total. The maximum Gasteiger partial charge on any atom is 0.253 e. The summed E-state index contributed by atoms with van der Waals surface area (Å²) in [6.07, 6.45) is 1.41. The molecule has 1 amide bonds. The van der Waals surface area contributed by atoms with Crippen molar-refractivity contribution in [3.05, 3.63) is 61.6 Å². The molecule has 0 aromatic carbocycles. The third-order valence-electron chi connectivity index (χ3n) is 3.00.